The van der Waals surface area contributed by atoms with Crippen molar-refractivity contribution in [2.24, 2.45) is 0 Å². The molecule has 0 unspecified atom stereocenters. The molecular formula is C9H12F3N3O4S. The first-order valence-electron chi connectivity index (χ1n) is 5.41. The molecule has 0 bridgehead atoms. The Hall–Kier alpha value is -1.62. The Balaban J connectivity index is 2.62. The monoisotopic (exact) mass is 315 g/mol. The standard InChI is InChI=1S/C9H12F3N3O4S/c10-9(11,12)6-15-5-7(4-13-15)20(18,19)14-3-1-2-8(16)17/h4-5,14H,1-3,6H2,(H,16,17). The molecule has 0 fully saturated rings. The molecule has 20 heavy (non-hydrogen) atoms. The van der Waals surface area contributed by atoms with Crippen molar-refractivity contribution in [3.05, 3.63) is 12.4 Å². The zero-order chi connectivity index (χ0) is 15.4. The third kappa shape index (κ3) is 5.57. The molecule has 1 aromatic rings. The molecule has 7 nitrogen and oxygen atoms in total. The highest BCUT2D eigenvalue weighted by atomic mass is 32.2. The number of aliphatic carboxylic acids is 1. The molecule has 0 saturated heterocycles. The highest BCUT2D eigenvalue weighted by molar-refractivity contribution is 7.89. The molecule has 1 rings (SSSR count). The van der Waals surface area contributed by atoms with E-state index in [0.717, 1.165) is 12.4 Å². The van der Waals surface area contributed by atoms with Crippen LogP contribution in [0.3, 0.4) is 0 Å². The van der Waals surface area contributed by atoms with E-state index in [1.54, 1.807) is 0 Å². The topological polar surface area (TPSA) is 101 Å². The lowest BCUT2D eigenvalue weighted by Gasteiger charge is -2.05. The summed E-state index contributed by atoms with van der Waals surface area (Å²) in [4.78, 5) is 9.83. The Morgan fingerprint density at radius 3 is 2.65 bits per heavy atom. The second-order valence-corrected chi connectivity index (χ2v) is 5.65. The molecule has 11 heteroatoms. The summed E-state index contributed by atoms with van der Waals surface area (Å²) in [5.41, 5.74) is 0. The van der Waals surface area contributed by atoms with Crippen molar-refractivity contribution < 1.29 is 31.5 Å². The maximum atomic E-state index is 12.1. The zero-order valence-electron chi connectivity index (χ0n) is 10.1. The van der Waals surface area contributed by atoms with Gasteiger partial charge in [-0.2, -0.15) is 18.3 Å². The Labute approximate surface area is 112 Å². The van der Waals surface area contributed by atoms with Crippen LogP contribution in [0.5, 0.6) is 0 Å². The molecule has 0 radical (unpaired) electrons. The lowest BCUT2D eigenvalue weighted by molar-refractivity contribution is -0.142. The second-order valence-electron chi connectivity index (χ2n) is 3.88. The van der Waals surface area contributed by atoms with Crippen molar-refractivity contribution in [3.63, 3.8) is 0 Å². The number of sulfonamides is 1. The van der Waals surface area contributed by atoms with Crippen molar-refractivity contribution in [1.82, 2.24) is 14.5 Å². The highest BCUT2D eigenvalue weighted by Crippen LogP contribution is 2.18. The van der Waals surface area contributed by atoms with Crippen molar-refractivity contribution in [1.29, 1.82) is 0 Å². The summed E-state index contributed by atoms with van der Waals surface area (Å²) in [5, 5.41) is 11.7. The summed E-state index contributed by atoms with van der Waals surface area (Å²) in [5.74, 6) is -1.07. The average molecular weight is 315 g/mol. The molecule has 114 valence electrons. The third-order valence-electron chi connectivity index (χ3n) is 2.12. The number of rotatable bonds is 7. The van der Waals surface area contributed by atoms with Crippen LogP contribution in [0.25, 0.3) is 0 Å². The van der Waals surface area contributed by atoms with Crippen LogP contribution < -0.4 is 4.72 Å². The van der Waals surface area contributed by atoms with Crippen LogP contribution in [0.15, 0.2) is 17.3 Å². The summed E-state index contributed by atoms with van der Waals surface area (Å²) in [7, 11) is -3.99. The SMILES string of the molecule is O=C(O)CCCNS(=O)(=O)c1cnn(CC(F)(F)F)c1. The lowest BCUT2D eigenvalue weighted by atomic mass is 10.3. The number of carboxylic acid groups (broad SMARTS) is 1. The van der Waals surface area contributed by atoms with Gasteiger partial charge in [-0.1, -0.05) is 0 Å². The first-order chi connectivity index (χ1) is 9.10. The van der Waals surface area contributed by atoms with Gasteiger partial charge in [0.2, 0.25) is 10.0 Å². The number of aromatic nitrogens is 2. The van der Waals surface area contributed by atoms with E-state index in [1.807, 2.05) is 0 Å². The van der Waals surface area contributed by atoms with Gasteiger partial charge >= 0.3 is 12.1 Å². The minimum atomic E-state index is -4.50. The van der Waals surface area contributed by atoms with E-state index in [1.165, 1.54) is 0 Å². The largest absolute Gasteiger partial charge is 0.481 e. The molecule has 1 heterocycles. The van der Waals surface area contributed by atoms with Crippen molar-refractivity contribution >= 4 is 16.0 Å². The quantitative estimate of drug-likeness (QED) is 0.717. The highest BCUT2D eigenvalue weighted by Gasteiger charge is 2.29. The summed E-state index contributed by atoms with van der Waals surface area (Å²) < 4.78 is 62.1. The molecule has 0 aliphatic carbocycles. The number of nitrogens with zero attached hydrogens (tertiary/aromatic N) is 2. The summed E-state index contributed by atoms with van der Waals surface area (Å²) >= 11 is 0. The number of alkyl halides is 3. The molecule has 0 aliphatic heterocycles. The van der Waals surface area contributed by atoms with E-state index >= 15 is 0 Å². The molecule has 0 aromatic carbocycles. The Morgan fingerprint density at radius 1 is 1.45 bits per heavy atom. The van der Waals surface area contributed by atoms with E-state index in [4.69, 9.17) is 5.11 Å². The first kappa shape index (κ1) is 16.4. The van der Waals surface area contributed by atoms with Crippen LogP contribution in [-0.4, -0.2) is 42.0 Å². The Kier molecular flexibility index (Phi) is 5.11. The van der Waals surface area contributed by atoms with Crippen LogP contribution in [0.2, 0.25) is 0 Å². The number of nitrogens with one attached hydrogen (secondary N) is 1. The summed E-state index contributed by atoms with van der Waals surface area (Å²) in [6.07, 6.45) is -3.08. The fourth-order valence-electron chi connectivity index (χ4n) is 1.28. The van der Waals surface area contributed by atoms with Crippen LogP contribution in [0.1, 0.15) is 12.8 Å². The van der Waals surface area contributed by atoms with Gasteiger partial charge in [-0.3, -0.25) is 9.48 Å². The third-order valence-corrected chi connectivity index (χ3v) is 3.54. The fraction of sp³-hybridized carbons (Fsp3) is 0.556. The molecule has 0 aliphatic rings. The van der Waals surface area contributed by atoms with E-state index in [2.05, 4.69) is 9.82 Å². The molecule has 2 N–H and O–H groups in total. The molecular weight excluding hydrogens is 303 g/mol. The van der Waals surface area contributed by atoms with Crippen LogP contribution in [-0.2, 0) is 21.4 Å². The second kappa shape index (κ2) is 6.22. The number of carboxylic acids is 1. The van der Waals surface area contributed by atoms with E-state index in [0.29, 0.717) is 4.68 Å². The van der Waals surface area contributed by atoms with Gasteiger partial charge in [0, 0.05) is 19.2 Å². The van der Waals surface area contributed by atoms with Crippen LogP contribution in [0.4, 0.5) is 13.2 Å². The van der Waals surface area contributed by atoms with Gasteiger partial charge in [0.15, 0.2) is 0 Å². The van der Waals surface area contributed by atoms with Gasteiger partial charge in [0.05, 0.1) is 6.20 Å². The zero-order valence-corrected chi connectivity index (χ0v) is 10.9. The van der Waals surface area contributed by atoms with Crippen molar-refractivity contribution in [2.45, 2.75) is 30.5 Å². The number of hydrogen-bond donors (Lipinski definition) is 2. The lowest BCUT2D eigenvalue weighted by Crippen LogP contribution is -2.25. The van der Waals surface area contributed by atoms with Gasteiger partial charge < -0.3 is 5.11 Å². The predicted octanol–water partition coefficient (Wildman–Crippen LogP) is 0.588. The van der Waals surface area contributed by atoms with Crippen molar-refractivity contribution in [2.75, 3.05) is 6.54 Å². The number of carbonyl (C=O) groups is 1. The fourth-order valence-corrected chi connectivity index (χ4v) is 2.31. The van der Waals surface area contributed by atoms with Gasteiger partial charge in [0.25, 0.3) is 0 Å². The van der Waals surface area contributed by atoms with Crippen molar-refractivity contribution in [3.8, 4) is 0 Å². The minimum absolute atomic E-state index is 0.0747. The van der Waals surface area contributed by atoms with E-state index in [-0.39, 0.29) is 19.4 Å². The predicted molar refractivity (Wildman–Crippen MR) is 60.3 cm³/mol. The van der Waals surface area contributed by atoms with E-state index in [9.17, 15) is 26.4 Å². The maximum Gasteiger partial charge on any atom is 0.408 e. The molecule has 0 spiro atoms. The van der Waals surface area contributed by atoms with Gasteiger partial charge in [0.1, 0.15) is 11.4 Å². The van der Waals surface area contributed by atoms with E-state index < -0.39 is 33.6 Å². The summed E-state index contributed by atoms with van der Waals surface area (Å²) in [6, 6.07) is 0. The average Bonchev–Trinajstić information content (AvgIpc) is 2.71. The normalized spacial score (nSPS) is 12.6. The summed E-state index contributed by atoms with van der Waals surface area (Å²) in [6.45, 7) is -1.51. The Morgan fingerprint density at radius 2 is 2.10 bits per heavy atom. The van der Waals surface area contributed by atoms with Crippen LogP contribution >= 0.6 is 0 Å². The van der Waals surface area contributed by atoms with Gasteiger partial charge in [-0.05, 0) is 6.42 Å². The number of hydrogen-bond acceptors (Lipinski definition) is 4. The van der Waals surface area contributed by atoms with Gasteiger partial charge in [-0.25, -0.2) is 13.1 Å². The minimum Gasteiger partial charge on any atom is -0.481 e. The maximum absolute atomic E-state index is 12.1. The molecule has 0 saturated carbocycles. The molecule has 0 amide bonds. The smallest absolute Gasteiger partial charge is 0.408 e. The molecule has 1 aromatic heterocycles. The Bertz CT molecular complexity index is 567. The number of halogens is 3. The first-order valence-corrected chi connectivity index (χ1v) is 6.89. The van der Waals surface area contributed by atoms with Gasteiger partial charge in [-0.15, -0.1) is 0 Å². The molecule has 0 atom stereocenters. The van der Waals surface area contributed by atoms with Crippen LogP contribution in [0, 0.1) is 0 Å².